The van der Waals surface area contributed by atoms with Crippen molar-refractivity contribution in [3.63, 3.8) is 0 Å². The van der Waals surface area contributed by atoms with Crippen LogP contribution in [0.1, 0.15) is 13.8 Å². The fourth-order valence-corrected chi connectivity index (χ4v) is 5.42. The molecular weight excluding hydrogens is 311 g/mol. The van der Waals surface area contributed by atoms with Crippen LogP contribution in [0.4, 0.5) is 0 Å². The first-order valence-corrected chi connectivity index (χ1v) is 9.50. The van der Waals surface area contributed by atoms with Crippen molar-refractivity contribution >= 4 is 18.6 Å². The lowest BCUT2D eigenvalue weighted by Gasteiger charge is -2.29. The molecule has 0 bridgehead atoms. The van der Waals surface area contributed by atoms with Crippen molar-refractivity contribution in [1.82, 2.24) is 0 Å². The van der Waals surface area contributed by atoms with Gasteiger partial charge in [0, 0.05) is 5.56 Å². The first-order valence-electron chi connectivity index (χ1n) is 7.69. The number of benzene rings is 2. The summed E-state index contributed by atoms with van der Waals surface area (Å²) in [6, 6.07) is 15.1. The average Bonchev–Trinajstić information content (AvgIpc) is 2.55. The van der Waals surface area contributed by atoms with E-state index in [2.05, 4.69) is 0 Å². The third kappa shape index (κ3) is 2.91. The van der Waals surface area contributed by atoms with Crippen LogP contribution in [0, 0.1) is 5.92 Å². The Labute approximate surface area is 135 Å². The summed E-state index contributed by atoms with van der Waals surface area (Å²) in [5.41, 5.74) is 1.84. The van der Waals surface area contributed by atoms with E-state index in [0.717, 1.165) is 11.1 Å². The van der Waals surface area contributed by atoms with Gasteiger partial charge in [-0.1, -0.05) is 43.3 Å². The molecule has 2 atom stereocenters. The molecule has 3 rings (SSSR count). The first-order chi connectivity index (χ1) is 11.0. The van der Waals surface area contributed by atoms with Gasteiger partial charge >= 0.3 is 5.97 Å². The highest BCUT2D eigenvalue weighted by Gasteiger charge is 2.38. The molecule has 0 aliphatic carbocycles. The van der Waals surface area contributed by atoms with Crippen LogP contribution in [0.5, 0.6) is 5.75 Å². The standard InChI is InChI=1S/C18H19O4P/c1-3-21-18(19)13(2)12-23(20)17-11-7-5-9-15(17)14-8-4-6-10-16(14)22-23/h4-11,13H,3,12H2,1-2H3. The predicted octanol–water partition coefficient (Wildman–Crippen LogP) is 3.85. The van der Waals surface area contributed by atoms with E-state index in [1.807, 2.05) is 48.5 Å². The molecule has 2 unspecified atom stereocenters. The molecule has 0 spiro atoms. The van der Waals surface area contributed by atoms with E-state index in [-0.39, 0.29) is 12.1 Å². The van der Waals surface area contributed by atoms with E-state index in [1.54, 1.807) is 13.8 Å². The quantitative estimate of drug-likeness (QED) is 0.631. The summed E-state index contributed by atoms with van der Waals surface area (Å²) < 4.78 is 24.4. The molecule has 1 aliphatic rings. The molecule has 0 saturated heterocycles. The van der Waals surface area contributed by atoms with Crippen LogP contribution in [0.2, 0.25) is 0 Å². The van der Waals surface area contributed by atoms with E-state index in [0.29, 0.717) is 17.7 Å². The zero-order valence-corrected chi connectivity index (χ0v) is 14.1. The fraction of sp³-hybridized carbons (Fsp3) is 0.278. The zero-order chi connectivity index (χ0) is 16.4. The predicted molar refractivity (Wildman–Crippen MR) is 90.4 cm³/mol. The van der Waals surface area contributed by atoms with Crippen LogP contribution in [-0.2, 0) is 14.1 Å². The third-order valence-electron chi connectivity index (χ3n) is 3.90. The number of hydrogen-bond acceptors (Lipinski definition) is 4. The van der Waals surface area contributed by atoms with Gasteiger partial charge in [-0.05, 0) is 24.6 Å². The largest absolute Gasteiger partial charge is 0.466 e. The Bertz CT molecular complexity index is 784. The number of ether oxygens (including phenoxy) is 1. The maximum Gasteiger partial charge on any atom is 0.309 e. The Kier molecular flexibility index (Phi) is 4.27. The van der Waals surface area contributed by atoms with Gasteiger partial charge in [0.15, 0.2) is 0 Å². The molecular formula is C18H19O4P. The number of esters is 1. The molecule has 23 heavy (non-hydrogen) atoms. The van der Waals surface area contributed by atoms with Crippen LogP contribution in [-0.4, -0.2) is 18.7 Å². The summed E-state index contributed by atoms with van der Waals surface area (Å²) in [5.74, 6) is -0.229. The fourth-order valence-electron chi connectivity index (χ4n) is 2.83. The van der Waals surface area contributed by atoms with Crippen molar-refractivity contribution in [2.75, 3.05) is 12.8 Å². The lowest BCUT2D eigenvalue weighted by atomic mass is 10.0. The number of para-hydroxylation sites is 1. The highest BCUT2D eigenvalue weighted by Crippen LogP contribution is 2.55. The second-order valence-electron chi connectivity index (χ2n) is 5.61. The highest BCUT2D eigenvalue weighted by atomic mass is 31.2. The van der Waals surface area contributed by atoms with E-state index >= 15 is 0 Å². The topological polar surface area (TPSA) is 52.6 Å². The van der Waals surface area contributed by atoms with E-state index in [1.165, 1.54) is 0 Å². The molecule has 5 heteroatoms. The van der Waals surface area contributed by atoms with Gasteiger partial charge in [0.1, 0.15) is 5.75 Å². The molecule has 0 N–H and O–H groups in total. The summed E-state index contributed by atoms with van der Waals surface area (Å²) in [4.78, 5) is 11.9. The molecule has 0 radical (unpaired) electrons. The van der Waals surface area contributed by atoms with Crippen LogP contribution in [0.15, 0.2) is 48.5 Å². The Morgan fingerprint density at radius 1 is 1.13 bits per heavy atom. The maximum atomic E-state index is 13.5. The summed E-state index contributed by atoms with van der Waals surface area (Å²) in [6.07, 6.45) is 0.136. The molecule has 0 fully saturated rings. The van der Waals surface area contributed by atoms with Crippen molar-refractivity contribution in [3.05, 3.63) is 48.5 Å². The normalized spacial score (nSPS) is 19.9. The minimum absolute atomic E-state index is 0.136. The first kappa shape index (κ1) is 15.8. The molecule has 2 aromatic carbocycles. The number of carbonyl (C=O) groups excluding carboxylic acids is 1. The molecule has 2 aromatic rings. The van der Waals surface area contributed by atoms with Gasteiger partial charge in [-0.25, -0.2) is 0 Å². The zero-order valence-electron chi connectivity index (χ0n) is 13.2. The highest BCUT2D eigenvalue weighted by molar-refractivity contribution is 7.67. The van der Waals surface area contributed by atoms with Crippen molar-refractivity contribution in [3.8, 4) is 16.9 Å². The molecule has 120 valence electrons. The molecule has 1 heterocycles. The number of carbonyl (C=O) groups is 1. The van der Waals surface area contributed by atoms with Crippen LogP contribution in [0.25, 0.3) is 11.1 Å². The number of rotatable bonds is 4. The Balaban J connectivity index is 2.01. The SMILES string of the molecule is CCOC(=O)C(C)CP1(=O)Oc2ccccc2-c2ccccc21. The maximum absolute atomic E-state index is 13.5. The van der Waals surface area contributed by atoms with Crippen molar-refractivity contribution in [2.24, 2.45) is 5.92 Å². The summed E-state index contributed by atoms with van der Waals surface area (Å²) >= 11 is 0. The van der Waals surface area contributed by atoms with E-state index < -0.39 is 13.3 Å². The number of hydrogen-bond donors (Lipinski definition) is 0. The number of fused-ring (bicyclic) bond motifs is 3. The van der Waals surface area contributed by atoms with Gasteiger partial charge in [0.2, 0.25) is 0 Å². The van der Waals surface area contributed by atoms with Crippen LogP contribution in [0.3, 0.4) is 0 Å². The smallest absolute Gasteiger partial charge is 0.309 e. The second-order valence-corrected chi connectivity index (χ2v) is 7.99. The van der Waals surface area contributed by atoms with Crippen molar-refractivity contribution in [1.29, 1.82) is 0 Å². The minimum Gasteiger partial charge on any atom is -0.466 e. The second kappa shape index (κ2) is 6.21. The summed E-state index contributed by atoms with van der Waals surface area (Å²) in [5, 5.41) is 0.676. The Morgan fingerprint density at radius 3 is 2.52 bits per heavy atom. The minimum atomic E-state index is -3.17. The lowest BCUT2D eigenvalue weighted by molar-refractivity contribution is -0.146. The lowest BCUT2D eigenvalue weighted by Crippen LogP contribution is -2.26. The van der Waals surface area contributed by atoms with Crippen LogP contribution >= 0.6 is 7.37 Å². The Hall–Kier alpha value is -2.06. The Morgan fingerprint density at radius 2 is 1.78 bits per heavy atom. The van der Waals surface area contributed by atoms with Gasteiger partial charge < -0.3 is 9.26 Å². The monoisotopic (exact) mass is 330 g/mol. The van der Waals surface area contributed by atoms with E-state index in [4.69, 9.17) is 9.26 Å². The van der Waals surface area contributed by atoms with Crippen molar-refractivity contribution < 1.29 is 18.6 Å². The molecule has 1 aliphatic heterocycles. The van der Waals surface area contributed by atoms with Crippen molar-refractivity contribution in [2.45, 2.75) is 13.8 Å². The van der Waals surface area contributed by atoms with Gasteiger partial charge in [-0.3, -0.25) is 9.36 Å². The van der Waals surface area contributed by atoms with Gasteiger partial charge in [-0.15, -0.1) is 0 Å². The summed E-state index contributed by atoms with van der Waals surface area (Å²) in [6.45, 7) is 3.80. The van der Waals surface area contributed by atoms with Crippen LogP contribution < -0.4 is 9.83 Å². The molecule has 0 amide bonds. The van der Waals surface area contributed by atoms with E-state index in [9.17, 15) is 9.36 Å². The molecule has 0 aromatic heterocycles. The third-order valence-corrected chi connectivity index (χ3v) is 6.54. The van der Waals surface area contributed by atoms with Gasteiger partial charge in [0.05, 0.1) is 24.0 Å². The summed E-state index contributed by atoms with van der Waals surface area (Å²) in [7, 11) is -3.17. The van der Waals surface area contributed by atoms with Gasteiger partial charge in [-0.2, -0.15) is 0 Å². The van der Waals surface area contributed by atoms with Gasteiger partial charge in [0.25, 0.3) is 7.37 Å². The average molecular weight is 330 g/mol. The molecule has 4 nitrogen and oxygen atoms in total. The molecule has 0 saturated carbocycles.